The summed E-state index contributed by atoms with van der Waals surface area (Å²) in [6, 6.07) is 10.2. The average molecular weight is 291 g/mol. The molecule has 3 aromatic rings. The Labute approximate surface area is 119 Å². The number of halogens is 1. The summed E-state index contributed by atoms with van der Waals surface area (Å²) < 4.78 is 1.66. The fourth-order valence-electron chi connectivity index (χ4n) is 1.65. The van der Waals surface area contributed by atoms with Gasteiger partial charge in [0.15, 0.2) is 0 Å². The zero-order valence-corrected chi connectivity index (χ0v) is 11.8. The third kappa shape index (κ3) is 2.72. The quantitative estimate of drug-likeness (QED) is 0.548. The minimum absolute atomic E-state index is 0.472. The van der Waals surface area contributed by atoms with Crippen molar-refractivity contribution in [2.24, 2.45) is 0 Å². The summed E-state index contributed by atoms with van der Waals surface area (Å²) in [5, 5.41) is 5.56. The molecule has 0 radical (unpaired) electrons. The smallest absolute Gasteiger partial charge is 0.203 e. The van der Waals surface area contributed by atoms with Gasteiger partial charge in [-0.15, -0.1) is 5.10 Å². The van der Waals surface area contributed by atoms with Crippen molar-refractivity contribution < 1.29 is 0 Å². The van der Waals surface area contributed by atoms with Crippen LogP contribution in [0.5, 0.6) is 0 Å². The molecule has 0 aliphatic rings. The zero-order valence-electron chi connectivity index (χ0n) is 10.2. The molecule has 0 atom stereocenters. The van der Waals surface area contributed by atoms with E-state index in [2.05, 4.69) is 27.2 Å². The third-order valence-electron chi connectivity index (χ3n) is 2.64. The van der Waals surface area contributed by atoms with Crippen LogP contribution >= 0.6 is 23.4 Å². The number of hydrogen-bond donors (Lipinski definition) is 0. The first-order valence-electron chi connectivity index (χ1n) is 5.78. The molecule has 19 heavy (non-hydrogen) atoms. The lowest BCUT2D eigenvalue weighted by molar-refractivity contribution is 0.873. The van der Waals surface area contributed by atoms with E-state index in [1.807, 2.05) is 31.3 Å². The minimum atomic E-state index is 0.472. The van der Waals surface area contributed by atoms with E-state index in [1.54, 1.807) is 16.3 Å². The van der Waals surface area contributed by atoms with E-state index in [1.165, 1.54) is 5.56 Å². The normalized spacial score (nSPS) is 11.1. The summed E-state index contributed by atoms with van der Waals surface area (Å²) in [6.07, 6.45) is 1.84. The van der Waals surface area contributed by atoms with Crippen molar-refractivity contribution in [2.75, 3.05) is 0 Å². The van der Waals surface area contributed by atoms with Gasteiger partial charge in [-0.2, -0.15) is 9.97 Å². The van der Waals surface area contributed by atoms with Gasteiger partial charge in [0, 0.05) is 17.5 Å². The highest BCUT2D eigenvalue weighted by Crippen LogP contribution is 2.20. The van der Waals surface area contributed by atoms with E-state index in [0.29, 0.717) is 16.1 Å². The molecular formula is C13H11ClN4S. The van der Waals surface area contributed by atoms with Gasteiger partial charge in [-0.25, -0.2) is 4.52 Å². The molecule has 0 spiro atoms. The van der Waals surface area contributed by atoms with Crippen LogP contribution in [-0.2, 0) is 5.75 Å². The molecule has 4 nitrogen and oxygen atoms in total. The first-order valence-corrected chi connectivity index (χ1v) is 7.15. The summed E-state index contributed by atoms with van der Waals surface area (Å²) in [5.41, 5.74) is 2.13. The molecule has 0 N–H and O–H groups in total. The Morgan fingerprint density at radius 2 is 2.00 bits per heavy atom. The van der Waals surface area contributed by atoms with E-state index in [4.69, 9.17) is 11.6 Å². The summed E-state index contributed by atoms with van der Waals surface area (Å²) in [7, 11) is 0. The number of nitrogens with zero attached hydrogens (tertiary/aromatic N) is 4. The van der Waals surface area contributed by atoms with Crippen LogP contribution in [0.4, 0.5) is 0 Å². The lowest BCUT2D eigenvalue weighted by Crippen LogP contribution is -1.93. The highest BCUT2D eigenvalue weighted by atomic mass is 35.5. The largest absolute Gasteiger partial charge is 0.254 e. The number of aromatic nitrogens is 4. The summed E-state index contributed by atoms with van der Waals surface area (Å²) in [6.45, 7) is 1.90. The SMILES string of the molecule is Cc1cn2nc(SCc3ccccc3)nc2nc1Cl. The lowest BCUT2D eigenvalue weighted by atomic mass is 10.2. The average Bonchev–Trinajstić information content (AvgIpc) is 2.80. The van der Waals surface area contributed by atoms with Crippen LogP contribution in [0.1, 0.15) is 11.1 Å². The Kier molecular flexibility index (Phi) is 3.40. The molecule has 0 aliphatic heterocycles. The molecule has 0 amide bonds. The maximum absolute atomic E-state index is 5.97. The van der Waals surface area contributed by atoms with Crippen molar-refractivity contribution in [3.05, 3.63) is 52.8 Å². The van der Waals surface area contributed by atoms with E-state index in [0.717, 1.165) is 11.3 Å². The Balaban J connectivity index is 1.82. The predicted octanol–water partition coefficient (Wildman–Crippen LogP) is 3.38. The summed E-state index contributed by atoms with van der Waals surface area (Å²) >= 11 is 7.56. The molecule has 0 saturated carbocycles. The van der Waals surface area contributed by atoms with E-state index >= 15 is 0 Å². The van der Waals surface area contributed by atoms with Crippen LogP contribution < -0.4 is 0 Å². The Morgan fingerprint density at radius 1 is 1.21 bits per heavy atom. The summed E-state index contributed by atoms with van der Waals surface area (Å²) in [4.78, 5) is 8.54. The zero-order chi connectivity index (χ0) is 13.2. The number of hydrogen-bond acceptors (Lipinski definition) is 4. The Morgan fingerprint density at radius 3 is 2.79 bits per heavy atom. The molecule has 2 heterocycles. The number of thioether (sulfide) groups is 1. The summed E-state index contributed by atoms with van der Waals surface area (Å²) in [5.74, 6) is 1.37. The molecule has 6 heteroatoms. The lowest BCUT2D eigenvalue weighted by Gasteiger charge is -1.96. The maximum Gasteiger partial charge on any atom is 0.254 e. The van der Waals surface area contributed by atoms with Crippen molar-refractivity contribution in [2.45, 2.75) is 17.8 Å². The van der Waals surface area contributed by atoms with Crippen LogP contribution in [0.3, 0.4) is 0 Å². The maximum atomic E-state index is 5.97. The Bertz CT molecular complexity index is 672. The van der Waals surface area contributed by atoms with Crippen LogP contribution in [0, 0.1) is 6.92 Å². The molecule has 1 aromatic carbocycles. The van der Waals surface area contributed by atoms with Crippen LogP contribution in [0.25, 0.3) is 5.78 Å². The molecule has 3 rings (SSSR count). The van der Waals surface area contributed by atoms with Crippen molar-refractivity contribution in [3.8, 4) is 0 Å². The Hall–Kier alpha value is -1.59. The van der Waals surface area contributed by atoms with Crippen LogP contribution in [0.2, 0.25) is 5.15 Å². The van der Waals surface area contributed by atoms with Gasteiger partial charge in [0.05, 0.1) is 0 Å². The molecule has 0 fully saturated rings. The van der Waals surface area contributed by atoms with Gasteiger partial charge >= 0.3 is 0 Å². The number of rotatable bonds is 3. The standard InChI is InChI=1S/C13H11ClN4S/c1-9-7-18-12(15-11(9)14)16-13(17-18)19-8-10-5-3-2-4-6-10/h2-7H,8H2,1H3. The van der Waals surface area contributed by atoms with Gasteiger partial charge in [0.2, 0.25) is 5.16 Å². The first-order chi connectivity index (χ1) is 9.22. The number of benzene rings is 1. The number of fused-ring (bicyclic) bond motifs is 1. The second kappa shape index (κ2) is 5.19. The third-order valence-corrected chi connectivity index (χ3v) is 3.94. The van der Waals surface area contributed by atoms with Crippen molar-refractivity contribution in [3.63, 3.8) is 0 Å². The molecule has 2 aromatic heterocycles. The molecular weight excluding hydrogens is 280 g/mol. The van der Waals surface area contributed by atoms with Gasteiger partial charge in [-0.05, 0) is 12.5 Å². The van der Waals surface area contributed by atoms with Crippen LogP contribution in [-0.4, -0.2) is 19.6 Å². The fraction of sp³-hybridized carbons (Fsp3) is 0.154. The van der Waals surface area contributed by atoms with E-state index < -0.39 is 0 Å². The molecule has 0 bridgehead atoms. The molecule has 0 aliphatic carbocycles. The number of aryl methyl sites for hydroxylation is 1. The van der Waals surface area contributed by atoms with Crippen LogP contribution in [0.15, 0.2) is 41.7 Å². The topological polar surface area (TPSA) is 43.1 Å². The van der Waals surface area contributed by atoms with E-state index in [-0.39, 0.29) is 0 Å². The van der Waals surface area contributed by atoms with Crippen molar-refractivity contribution >= 4 is 29.1 Å². The van der Waals surface area contributed by atoms with Crippen molar-refractivity contribution in [1.29, 1.82) is 0 Å². The van der Waals surface area contributed by atoms with Gasteiger partial charge in [0.1, 0.15) is 5.15 Å². The predicted molar refractivity (Wildman–Crippen MR) is 76.5 cm³/mol. The highest BCUT2D eigenvalue weighted by Gasteiger charge is 2.08. The molecule has 96 valence electrons. The first kappa shape index (κ1) is 12.4. The van der Waals surface area contributed by atoms with Gasteiger partial charge in [-0.1, -0.05) is 53.7 Å². The van der Waals surface area contributed by atoms with Gasteiger partial charge in [-0.3, -0.25) is 0 Å². The van der Waals surface area contributed by atoms with Gasteiger partial charge < -0.3 is 0 Å². The monoisotopic (exact) mass is 290 g/mol. The van der Waals surface area contributed by atoms with E-state index in [9.17, 15) is 0 Å². The minimum Gasteiger partial charge on any atom is -0.203 e. The second-order valence-corrected chi connectivity index (χ2v) is 5.43. The second-order valence-electron chi connectivity index (χ2n) is 4.13. The molecule has 0 saturated heterocycles. The van der Waals surface area contributed by atoms with Gasteiger partial charge in [0.25, 0.3) is 5.78 Å². The molecule has 0 unspecified atom stereocenters. The fourth-order valence-corrected chi connectivity index (χ4v) is 2.56. The van der Waals surface area contributed by atoms with Crippen molar-refractivity contribution in [1.82, 2.24) is 19.6 Å². The highest BCUT2D eigenvalue weighted by molar-refractivity contribution is 7.98.